The highest BCUT2D eigenvalue weighted by molar-refractivity contribution is 5.97. The Morgan fingerprint density at radius 3 is 2.32 bits per heavy atom. The number of amides is 2. The van der Waals surface area contributed by atoms with Gasteiger partial charge in [-0.3, -0.25) is 9.59 Å². The highest BCUT2D eigenvalue weighted by Gasteiger charge is 2.24. The fourth-order valence-electron chi connectivity index (χ4n) is 3.44. The van der Waals surface area contributed by atoms with Crippen molar-refractivity contribution >= 4 is 18.0 Å². The number of hydrazone groups is 1. The first kappa shape index (κ1) is 27.4. The van der Waals surface area contributed by atoms with Crippen LogP contribution >= 0.6 is 0 Å². The number of ether oxygens (including phenoxy) is 2. The first-order chi connectivity index (χ1) is 17.8. The second-order valence-corrected chi connectivity index (χ2v) is 8.85. The summed E-state index contributed by atoms with van der Waals surface area (Å²) in [4.78, 5) is 25.2. The molecule has 37 heavy (non-hydrogen) atoms. The molecule has 194 valence electrons. The molecule has 0 bridgehead atoms. The molecule has 0 fully saturated rings. The van der Waals surface area contributed by atoms with E-state index < -0.39 is 23.7 Å². The van der Waals surface area contributed by atoms with Crippen LogP contribution in [0, 0.1) is 18.7 Å². The monoisotopic (exact) mass is 505 g/mol. The highest BCUT2D eigenvalue weighted by Crippen LogP contribution is 2.29. The summed E-state index contributed by atoms with van der Waals surface area (Å²) in [7, 11) is 0. The molecule has 1 atom stereocenters. The van der Waals surface area contributed by atoms with Crippen LogP contribution in [-0.2, 0) is 11.4 Å². The maximum absolute atomic E-state index is 13.1. The Balaban J connectivity index is 1.62. The van der Waals surface area contributed by atoms with E-state index in [-0.39, 0.29) is 11.5 Å². The van der Waals surface area contributed by atoms with Crippen LogP contribution in [0.25, 0.3) is 0 Å². The average Bonchev–Trinajstić information content (AvgIpc) is 2.88. The van der Waals surface area contributed by atoms with E-state index in [0.717, 1.165) is 5.56 Å². The van der Waals surface area contributed by atoms with Gasteiger partial charge >= 0.3 is 0 Å². The molecular weight excluding hydrogens is 473 g/mol. The van der Waals surface area contributed by atoms with E-state index >= 15 is 0 Å². The molecular formula is C29H32FN3O4. The van der Waals surface area contributed by atoms with Gasteiger partial charge in [-0.1, -0.05) is 43.7 Å². The summed E-state index contributed by atoms with van der Waals surface area (Å²) in [6.45, 7) is 8.40. The van der Waals surface area contributed by atoms with Gasteiger partial charge in [-0.05, 0) is 73.4 Å². The van der Waals surface area contributed by atoms with Gasteiger partial charge in [0.25, 0.3) is 11.8 Å². The van der Waals surface area contributed by atoms with E-state index in [1.54, 1.807) is 18.2 Å². The molecule has 0 aliphatic rings. The summed E-state index contributed by atoms with van der Waals surface area (Å²) in [5.74, 6) is -0.412. The van der Waals surface area contributed by atoms with Gasteiger partial charge in [-0.25, -0.2) is 9.82 Å². The average molecular weight is 506 g/mol. The SMILES string of the molecule is CCOc1cc(C=NNC(=O)C(NC(=O)c2ccc(F)cc2)C(C)C)ccc1OCc1ccc(C)cc1. The number of aryl methyl sites for hydroxylation is 1. The Morgan fingerprint density at radius 2 is 1.68 bits per heavy atom. The zero-order chi connectivity index (χ0) is 26.8. The number of benzene rings is 3. The Labute approximate surface area is 216 Å². The predicted octanol–water partition coefficient (Wildman–Crippen LogP) is 5.02. The highest BCUT2D eigenvalue weighted by atomic mass is 19.1. The molecule has 0 aliphatic carbocycles. The van der Waals surface area contributed by atoms with Crippen LogP contribution in [0.1, 0.15) is 47.8 Å². The topological polar surface area (TPSA) is 89.0 Å². The summed E-state index contributed by atoms with van der Waals surface area (Å²) >= 11 is 0. The van der Waals surface area contributed by atoms with Crippen molar-refractivity contribution in [3.63, 3.8) is 0 Å². The van der Waals surface area contributed by atoms with Crippen LogP contribution in [0.3, 0.4) is 0 Å². The zero-order valence-electron chi connectivity index (χ0n) is 21.5. The number of nitrogens with zero attached hydrogens (tertiary/aromatic N) is 1. The number of hydrogen-bond donors (Lipinski definition) is 2. The lowest BCUT2D eigenvalue weighted by Crippen LogP contribution is -2.48. The molecule has 2 amide bonds. The van der Waals surface area contributed by atoms with Crippen molar-refractivity contribution in [3.05, 3.63) is 94.8 Å². The predicted molar refractivity (Wildman–Crippen MR) is 141 cm³/mol. The quantitative estimate of drug-likeness (QED) is 0.283. The number of rotatable bonds is 11. The Morgan fingerprint density at radius 1 is 0.973 bits per heavy atom. The van der Waals surface area contributed by atoms with Gasteiger partial charge in [0.2, 0.25) is 0 Å². The third-order valence-electron chi connectivity index (χ3n) is 5.51. The smallest absolute Gasteiger partial charge is 0.262 e. The second-order valence-electron chi connectivity index (χ2n) is 8.85. The van der Waals surface area contributed by atoms with Crippen LogP contribution in [0.4, 0.5) is 4.39 Å². The van der Waals surface area contributed by atoms with Crippen LogP contribution in [0.5, 0.6) is 11.5 Å². The molecule has 0 saturated carbocycles. The normalized spacial score (nSPS) is 11.8. The number of halogens is 1. The molecule has 0 saturated heterocycles. The molecule has 3 rings (SSSR count). The number of nitrogens with one attached hydrogen (secondary N) is 2. The zero-order valence-corrected chi connectivity index (χ0v) is 21.5. The standard InChI is InChI=1S/C29H32FN3O4/c1-5-36-26-16-22(10-15-25(26)37-18-21-8-6-20(4)7-9-21)17-31-33-29(35)27(19(2)3)32-28(34)23-11-13-24(30)14-12-23/h6-17,19,27H,5,18H2,1-4H3,(H,32,34)(H,33,35). The van der Waals surface area contributed by atoms with Crippen LogP contribution in [0.15, 0.2) is 71.8 Å². The van der Waals surface area contributed by atoms with Crippen molar-refractivity contribution < 1.29 is 23.5 Å². The van der Waals surface area contributed by atoms with Crippen molar-refractivity contribution in [3.8, 4) is 11.5 Å². The van der Waals surface area contributed by atoms with E-state index in [9.17, 15) is 14.0 Å². The summed E-state index contributed by atoms with van der Waals surface area (Å²) in [5, 5.41) is 6.73. The van der Waals surface area contributed by atoms with Crippen LogP contribution < -0.4 is 20.2 Å². The van der Waals surface area contributed by atoms with E-state index in [2.05, 4.69) is 15.8 Å². The second kappa shape index (κ2) is 13.2. The molecule has 0 spiro atoms. The Kier molecular flexibility index (Phi) is 9.77. The minimum absolute atomic E-state index is 0.200. The van der Waals surface area contributed by atoms with E-state index in [1.165, 1.54) is 36.0 Å². The van der Waals surface area contributed by atoms with Crippen molar-refractivity contribution in [2.24, 2.45) is 11.0 Å². The molecule has 3 aromatic rings. The summed E-state index contributed by atoms with van der Waals surface area (Å²) in [6.07, 6.45) is 1.49. The lowest BCUT2D eigenvalue weighted by atomic mass is 10.0. The molecule has 1 unspecified atom stereocenters. The number of carbonyl (C=O) groups excluding carboxylic acids is 2. The van der Waals surface area contributed by atoms with Crippen molar-refractivity contribution in [2.75, 3.05) is 6.61 Å². The fraction of sp³-hybridized carbons (Fsp3) is 0.276. The molecule has 0 aromatic heterocycles. The molecule has 0 heterocycles. The van der Waals surface area contributed by atoms with Gasteiger partial charge in [0.15, 0.2) is 11.5 Å². The first-order valence-electron chi connectivity index (χ1n) is 12.1. The van der Waals surface area contributed by atoms with Gasteiger partial charge in [0.05, 0.1) is 12.8 Å². The maximum Gasteiger partial charge on any atom is 0.262 e. The van der Waals surface area contributed by atoms with Gasteiger partial charge in [0, 0.05) is 5.56 Å². The van der Waals surface area contributed by atoms with Crippen molar-refractivity contribution in [2.45, 2.75) is 40.3 Å². The van der Waals surface area contributed by atoms with E-state index in [4.69, 9.17) is 9.47 Å². The third-order valence-corrected chi connectivity index (χ3v) is 5.51. The maximum atomic E-state index is 13.1. The molecule has 3 aromatic carbocycles. The molecule has 8 heteroatoms. The Bertz CT molecular complexity index is 1220. The minimum Gasteiger partial charge on any atom is -0.490 e. The van der Waals surface area contributed by atoms with E-state index in [1.807, 2.05) is 52.0 Å². The fourth-order valence-corrected chi connectivity index (χ4v) is 3.44. The van der Waals surface area contributed by atoms with Crippen molar-refractivity contribution in [1.29, 1.82) is 0 Å². The lowest BCUT2D eigenvalue weighted by molar-refractivity contribution is -0.123. The summed E-state index contributed by atoms with van der Waals surface area (Å²) < 4.78 is 24.8. The Hall–Kier alpha value is -4.20. The molecule has 0 aliphatic heterocycles. The molecule has 0 radical (unpaired) electrons. The third kappa shape index (κ3) is 8.17. The first-order valence-corrected chi connectivity index (χ1v) is 12.1. The minimum atomic E-state index is -0.828. The number of carbonyl (C=O) groups is 2. The van der Waals surface area contributed by atoms with Crippen molar-refractivity contribution in [1.82, 2.24) is 10.7 Å². The van der Waals surface area contributed by atoms with Gasteiger partial charge in [-0.15, -0.1) is 0 Å². The molecule has 7 nitrogen and oxygen atoms in total. The largest absolute Gasteiger partial charge is 0.490 e. The van der Waals surface area contributed by atoms with Gasteiger partial charge in [-0.2, -0.15) is 5.10 Å². The molecule has 2 N–H and O–H groups in total. The number of hydrogen-bond acceptors (Lipinski definition) is 5. The summed E-state index contributed by atoms with van der Waals surface area (Å²) in [5.41, 5.74) is 5.67. The summed E-state index contributed by atoms with van der Waals surface area (Å²) in [6, 6.07) is 17.8. The van der Waals surface area contributed by atoms with Crippen LogP contribution in [0.2, 0.25) is 0 Å². The van der Waals surface area contributed by atoms with Crippen LogP contribution in [-0.4, -0.2) is 30.7 Å². The van der Waals surface area contributed by atoms with Gasteiger partial charge < -0.3 is 14.8 Å². The van der Waals surface area contributed by atoms with E-state index in [0.29, 0.717) is 30.3 Å². The lowest BCUT2D eigenvalue weighted by Gasteiger charge is -2.20. The van der Waals surface area contributed by atoms with Gasteiger partial charge in [0.1, 0.15) is 18.5 Å².